The van der Waals surface area contributed by atoms with Gasteiger partial charge in [0, 0.05) is 22.5 Å². The van der Waals surface area contributed by atoms with Crippen LogP contribution in [0.1, 0.15) is 82.9 Å². The number of ether oxygens (including phenoxy) is 3. The number of hydrogen-bond donors (Lipinski definition) is 0. The summed E-state index contributed by atoms with van der Waals surface area (Å²) in [7, 11) is 3.50. The van der Waals surface area contributed by atoms with Crippen molar-refractivity contribution < 1.29 is 19.0 Å². The lowest BCUT2D eigenvalue weighted by Gasteiger charge is -2.62. The summed E-state index contributed by atoms with van der Waals surface area (Å²) in [5, 5.41) is 0. The van der Waals surface area contributed by atoms with Crippen LogP contribution >= 0.6 is 0 Å². The van der Waals surface area contributed by atoms with E-state index in [1.54, 1.807) is 14.2 Å². The minimum atomic E-state index is -0.253. The van der Waals surface area contributed by atoms with Crippen molar-refractivity contribution in [3.8, 4) is 11.5 Å². The Morgan fingerprint density at radius 1 is 0.944 bits per heavy atom. The second-order valence-corrected chi connectivity index (χ2v) is 12.6. The summed E-state index contributed by atoms with van der Waals surface area (Å²) >= 11 is 0. The Morgan fingerprint density at radius 2 is 1.67 bits per heavy atom. The quantitative estimate of drug-likeness (QED) is 0.420. The first-order valence-corrected chi connectivity index (χ1v) is 13.6. The second-order valence-electron chi connectivity index (χ2n) is 12.6. The summed E-state index contributed by atoms with van der Waals surface area (Å²) in [5.74, 6) is 2.50. The van der Waals surface area contributed by atoms with Gasteiger partial charge in [-0.2, -0.15) is 0 Å². The molecule has 0 spiro atoms. The molecule has 3 aliphatic rings. The van der Waals surface area contributed by atoms with Crippen molar-refractivity contribution in [3.63, 3.8) is 0 Å². The standard InChI is InChI=1S/C32H42O4/c1-20(21-11-9-8-10-12-21)29(33)36-27-14-16-31(4)25(30(27,2)3)13-15-32(5)26(31)18-22-17-23(34-6)19-24(35-7)28(22)32/h8-12,17,19-20,25-27H,13-16,18H2,1-7H3/t20?,25?,26-,27+,31?,32-/m1/s1. The van der Waals surface area contributed by atoms with Gasteiger partial charge < -0.3 is 14.2 Å². The van der Waals surface area contributed by atoms with E-state index in [0.717, 1.165) is 49.2 Å². The van der Waals surface area contributed by atoms with Gasteiger partial charge in [-0.25, -0.2) is 0 Å². The maximum atomic E-state index is 13.2. The van der Waals surface area contributed by atoms with E-state index in [-0.39, 0.29) is 34.2 Å². The highest BCUT2D eigenvalue weighted by atomic mass is 16.5. The van der Waals surface area contributed by atoms with E-state index >= 15 is 0 Å². The van der Waals surface area contributed by atoms with Crippen LogP contribution in [0.3, 0.4) is 0 Å². The first kappa shape index (κ1) is 25.2. The molecule has 3 unspecified atom stereocenters. The summed E-state index contributed by atoms with van der Waals surface area (Å²) in [4.78, 5) is 13.2. The van der Waals surface area contributed by atoms with Gasteiger partial charge in [-0.05, 0) is 73.5 Å². The number of fused-ring (bicyclic) bond motifs is 5. The second kappa shape index (κ2) is 8.82. The average Bonchev–Trinajstić information content (AvgIpc) is 3.18. The Hall–Kier alpha value is -2.49. The smallest absolute Gasteiger partial charge is 0.313 e. The topological polar surface area (TPSA) is 44.8 Å². The number of carbonyl (C=O) groups excluding carboxylic acids is 1. The molecule has 2 fully saturated rings. The van der Waals surface area contributed by atoms with Crippen LogP contribution in [-0.2, 0) is 21.4 Å². The number of benzene rings is 2. The molecule has 0 saturated heterocycles. The first-order valence-electron chi connectivity index (χ1n) is 13.6. The van der Waals surface area contributed by atoms with E-state index in [1.807, 2.05) is 37.3 Å². The number of methoxy groups -OCH3 is 2. The van der Waals surface area contributed by atoms with Gasteiger partial charge in [0.25, 0.3) is 0 Å². The zero-order valence-corrected chi connectivity index (χ0v) is 23.0. The molecule has 6 atom stereocenters. The lowest BCUT2D eigenvalue weighted by atomic mass is 9.43. The van der Waals surface area contributed by atoms with Crippen LogP contribution in [0.5, 0.6) is 11.5 Å². The Kier molecular flexibility index (Phi) is 6.16. The Bertz CT molecular complexity index is 1140. The molecule has 5 rings (SSSR count). The largest absolute Gasteiger partial charge is 0.497 e. The van der Waals surface area contributed by atoms with Crippen molar-refractivity contribution in [3.05, 3.63) is 59.2 Å². The summed E-state index contributed by atoms with van der Waals surface area (Å²) in [6.07, 6.45) is 5.24. The maximum absolute atomic E-state index is 13.2. The van der Waals surface area contributed by atoms with Crippen LogP contribution in [0.4, 0.5) is 0 Å². The van der Waals surface area contributed by atoms with Crippen LogP contribution in [0.2, 0.25) is 0 Å². The van der Waals surface area contributed by atoms with Gasteiger partial charge in [0.05, 0.1) is 20.1 Å². The van der Waals surface area contributed by atoms with E-state index < -0.39 is 0 Å². The van der Waals surface area contributed by atoms with E-state index in [2.05, 4.69) is 39.8 Å². The highest BCUT2D eigenvalue weighted by Gasteiger charge is 2.64. The Labute approximate surface area is 216 Å². The van der Waals surface area contributed by atoms with Crippen molar-refractivity contribution >= 4 is 5.97 Å². The molecule has 0 radical (unpaired) electrons. The maximum Gasteiger partial charge on any atom is 0.313 e. The summed E-state index contributed by atoms with van der Waals surface area (Å²) < 4.78 is 17.8. The highest BCUT2D eigenvalue weighted by Crippen LogP contribution is 2.69. The number of carbonyl (C=O) groups is 1. The molecule has 2 aromatic carbocycles. The molecular weight excluding hydrogens is 448 g/mol. The number of hydrogen-bond acceptors (Lipinski definition) is 4. The van der Waals surface area contributed by atoms with Crippen molar-refractivity contribution in [2.45, 2.75) is 84.2 Å². The van der Waals surface area contributed by atoms with Gasteiger partial charge in [-0.15, -0.1) is 0 Å². The predicted molar refractivity (Wildman–Crippen MR) is 143 cm³/mol. The molecular formula is C32H42O4. The van der Waals surface area contributed by atoms with Crippen molar-refractivity contribution in [2.75, 3.05) is 14.2 Å². The fourth-order valence-corrected chi connectivity index (χ4v) is 8.57. The fourth-order valence-electron chi connectivity index (χ4n) is 8.57. The molecule has 0 aromatic heterocycles. The van der Waals surface area contributed by atoms with Crippen LogP contribution in [0.15, 0.2) is 42.5 Å². The molecule has 0 N–H and O–H groups in total. The van der Waals surface area contributed by atoms with Gasteiger partial charge in [0.1, 0.15) is 17.6 Å². The first-order chi connectivity index (χ1) is 17.1. The average molecular weight is 491 g/mol. The van der Waals surface area contributed by atoms with Gasteiger partial charge in [0.15, 0.2) is 0 Å². The molecule has 0 heterocycles. The van der Waals surface area contributed by atoms with E-state index in [0.29, 0.717) is 11.8 Å². The molecule has 0 aliphatic heterocycles. The summed E-state index contributed by atoms with van der Waals surface area (Å²) in [6, 6.07) is 14.3. The lowest BCUT2D eigenvalue weighted by Crippen LogP contribution is -2.59. The van der Waals surface area contributed by atoms with Crippen LogP contribution in [0.25, 0.3) is 0 Å². The third-order valence-corrected chi connectivity index (χ3v) is 10.5. The minimum absolute atomic E-state index is 0.0583. The normalized spacial score (nSPS) is 33.0. The zero-order chi connectivity index (χ0) is 25.9. The van der Waals surface area contributed by atoms with Crippen LogP contribution in [-0.4, -0.2) is 26.3 Å². The molecule has 2 saturated carbocycles. The molecule has 3 aliphatic carbocycles. The summed E-state index contributed by atoms with van der Waals surface area (Å²) in [5.41, 5.74) is 3.95. The van der Waals surface area contributed by atoms with Crippen molar-refractivity contribution in [2.24, 2.45) is 22.7 Å². The van der Waals surface area contributed by atoms with Gasteiger partial charge in [-0.3, -0.25) is 4.79 Å². The van der Waals surface area contributed by atoms with E-state index in [9.17, 15) is 4.79 Å². The van der Waals surface area contributed by atoms with Crippen molar-refractivity contribution in [1.82, 2.24) is 0 Å². The van der Waals surface area contributed by atoms with E-state index in [1.165, 1.54) is 11.1 Å². The van der Waals surface area contributed by atoms with Crippen LogP contribution in [0, 0.1) is 22.7 Å². The third kappa shape index (κ3) is 3.66. The van der Waals surface area contributed by atoms with Gasteiger partial charge in [-0.1, -0.05) is 58.0 Å². The highest BCUT2D eigenvalue weighted by molar-refractivity contribution is 5.77. The van der Waals surface area contributed by atoms with Gasteiger partial charge >= 0.3 is 5.97 Å². The molecule has 0 bridgehead atoms. The molecule has 36 heavy (non-hydrogen) atoms. The number of rotatable bonds is 5. The third-order valence-electron chi connectivity index (χ3n) is 10.5. The van der Waals surface area contributed by atoms with E-state index in [4.69, 9.17) is 14.2 Å². The SMILES string of the molecule is COc1cc2c(c(OC)c1)[C@]1(C)CCC3C(C)(C)[C@@H](OC(=O)C(C)c4ccccc4)CCC3(C)[C@H]1C2. The minimum Gasteiger partial charge on any atom is -0.497 e. The van der Waals surface area contributed by atoms with Crippen LogP contribution < -0.4 is 9.47 Å². The molecule has 194 valence electrons. The molecule has 0 amide bonds. The number of esters is 1. The molecule has 4 nitrogen and oxygen atoms in total. The summed E-state index contributed by atoms with van der Waals surface area (Å²) in [6.45, 7) is 11.6. The Morgan fingerprint density at radius 3 is 2.33 bits per heavy atom. The predicted octanol–water partition coefficient (Wildman–Crippen LogP) is 7.09. The molecule has 4 heteroatoms. The van der Waals surface area contributed by atoms with Gasteiger partial charge in [0.2, 0.25) is 0 Å². The fraction of sp³-hybridized carbons (Fsp3) is 0.594. The monoisotopic (exact) mass is 490 g/mol. The van der Waals surface area contributed by atoms with Crippen molar-refractivity contribution in [1.29, 1.82) is 0 Å². The lowest BCUT2D eigenvalue weighted by molar-refractivity contribution is -0.185. The molecule has 2 aromatic rings. The zero-order valence-electron chi connectivity index (χ0n) is 23.0. The Balaban J connectivity index is 1.41.